The summed E-state index contributed by atoms with van der Waals surface area (Å²) < 4.78 is 0. The number of nitrogens with two attached hydrogens (primary N) is 1. The van der Waals surface area contributed by atoms with Crippen LogP contribution in [0.15, 0.2) is 11.8 Å². The molecule has 0 aromatic carbocycles. The largest absolute Gasteiger partial charge is 0.419 e. The highest BCUT2D eigenvalue weighted by molar-refractivity contribution is 5.00. The minimum absolute atomic E-state index is 0.884. The first-order valence-corrected chi connectivity index (χ1v) is 3.86. The molecule has 1 saturated carbocycles. The molecule has 0 aliphatic heterocycles. The molecule has 1 rings (SSSR count). The maximum absolute atomic E-state index is 4.92. The first-order valence-electron chi connectivity index (χ1n) is 3.86. The first-order chi connectivity index (χ1) is 4.83. The van der Waals surface area contributed by atoms with E-state index in [2.05, 4.69) is 11.8 Å². The lowest BCUT2D eigenvalue weighted by Gasteiger charge is -2.19. The van der Waals surface area contributed by atoms with Gasteiger partial charge < -0.3 is 4.84 Å². The average molecular weight is 141 g/mol. The Kier molecular flexibility index (Phi) is 2.75. The van der Waals surface area contributed by atoms with Crippen molar-refractivity contribution in [2.75, 3.05) is 0 Å². The Hall–Kier alpha value is -0.500. The first kappa shape index (κ1) is 7.61. The van der Waals surface area contributed by atoms with Gasteiger partial charge in [0, 0.05) is 0 Å². The highest BCUT2D eigenvalue weighted by atomic mass is 16.6. The van der Waals surface area contributed by atoms with Crippen LogP contribution < -0.4 is 5.90 Å². The molecule has 1 aliphatic rings. The smallest absolute Gasteiger partial charge is 0.110 e. The van der Waals surface area contributed by atoms with Crippen LogP contribution in [0.5, 0.6) is 0 Å². The summed E-state index contributed by atoms with van der Waals surface area (Å²) in [4.78, 5) is 4.45. The molecule has 0 saturated heterocycles. The van der Waals surface area contributed by atoms with E-state index in [-0.39, 0.29) is 0 Å². The fourth-order valence-corrected chi connectivity index (χ4v) is 1.35. The standard InChI is InChI=1S/C8H15NO/c1-7-2-4-8(5-3-7)6-10-9/h6-7H,2-5,9H2,1H3. The van der Waals surface area contributed by atoms with E-state index in [1.807, 2.05) is 0 Å². The number of allylic oxidation sites excluding steroid dienone is 1. The zero-order chi connectivity index (χ0) is 7.40. The van der Waals surface area contributed by atoms with Crippen molar-refractivity contribution in [3.8, 4) is 0 Å². The molecule has 1 aliphatic carbocycles. The molecule has 0 bridgehead atoms. The number of rotatable bonds is 1. The average Bonchev–Trinajstić information content (AvgIpc) is 1.95. The van der Waals surface area contributed by atoms with Crippen LogP contribution in [0.25, 0.3) is 0 Å². The van der Waals surface area contributed by atoms with Gasteiger partial charge in [0.1, 0.15) is 6.26 Å². The Balaban J connectivity index is 2.32. The van der Waals surface area contributed by atoms with E-state index in [1.165, 1.54) is 31.3 Å². The van der Waals surface area contributed by atoms with Crippen LogP contribution in [-0.4, -0.2) is 0 Å². The van der Waals surface area contributed by atoms with Gasteiger partial charge in [0.15, 0.2) is 0 Å². The Morgan fingerprint density at radius 3 is 2.60 bits per heavy atom. The van der Waals surface area contributed by atoms with Crippen LogP contribution in [0.3, 0.4) is 0 Å². The van der Waals surface area contributed by atoms with Gasteiger partial charge in [0.2, 0.25) is 0 Å². The van der Waals surface area contributed by atoms with Gasteiger partial charge in [-0.25, -0.2) is 0 Å². The molecular formula is C8H15NO. The second-order valence-corrected chi connectivity index (χ2v) is 3.09. The van der Waals surface area contributed by atoms with Gasteiger partial charge >= 0.3 is 0 Å². The molecule has 2 heteroatoms. The van der Waals surface area contributed by atoms with Crippen molar-refractivity contribution in [2.45, 2.75) is 32.6 Å². The molecular weight excluding hydrogens is 126 g/mol. The van der Waals surface area contributed by atoms with Crippen LogP contribution >= 0.6 is 0 Å². The lowest BCUT2D eigenvalue weighted by molar-refractivity contribution is 0.252. The summed E-state index contributed by atoms with van der Waals surface area (Å²) in [6.45, 7) is 2.29. The maximum Gasteiger partial charge on any atom is 0.110 e. The Morgan fingerprint density at radius 2 is 2.10 bits per heavy atom. The molecule has 0 radical (unpaired) electrons. The fraction of sp³-hybridized carbons (Fsp3) is 0.750. The fourth-order valence-electron chi connectivity index (χ4n) is 1.35. The molecule has 0 spiro atoms. The third-order valence-corrected chi connectivity index (χ3v) is 2.15. The Bertz CT molecular complexity index is 121. The van der Waals surface area contributed by atoms with Gasteiger partial charge in [0.25, 0.3) is 0 Å². The van der Waals surface area contributed by atoms with E-state index in [0.29, 0.717) is 0 Å². The van der Waals surface area contributed by atoms with Crippen LogP contribution in [0.2, 0.25) is 0 Å². The predicted octanol–water partition coefficient (Wildman–Crippen LogP) is 1.97. The normalized spacial score (nSPS) is 26.2. The van der Waals surface area contributed by atoms with E-state index >= 15 is 0 Å². The topological polar surface area (TPSA) is 35.2 Å². The molecule has 1 fully saturated rings. The van der Waals surface area contributed by atoms with Crippen molar-refractivity contribution in [1.29, 1.82) is 0 Å². The van der Waals surface area contributed by atoms with Gasteiger partial charge in [-0.1, -0.05) is 6.92 Å². The highest BCUT2D eigenvalue weighted by Gasteiger charge is 2.11. The molecule has 10 heavy (non-hydrogen) atoms. The van der Waals surface area contributed by atoms with Gasteiger partial charge in [-0.15, -0.1) is 0 Å². The molecule has 0 heterocycles. The molecule has 0 aromatic heterocycles. The van der Waals surface area contributed by atoms with Crippen LogP contribution in [0, 0.1) is 5.92 Å². The van der Waals surface area contributed by atoms with Crippen LogP contribution in [0.4, 0.5) is 0 Å². The molecule has 2 N–H and O–H groups in total. The molecule has 58 valence electrons. The summed E-state index contributed by atoms with van der Waals surface area (Å²) in [6.07, 6.45) is 6.59. The minimum Gasteiger partial charge on any atom is -0.419 e. The molecule has 0 amide bonds. The van der Waals surface area contributed by atoms with Crippen molar-refractivity contribution in [1.82, 2.24) is 0 Å². The Morgan fingerprint density at radius 1 is 1.50 bits per heavy atom. The maximum atomic E-state index is 4.92. The third-order valence-electron chi connectivity index (χ3n) is 2.15. The summed E-state index contributed by atoms with van der Waals surface area (Å²) >= 11 is 0. The van der Waals surface area contributed by atoms with Gasteiger partial charge in [0.05, 0.1) is 0 Å². The van der Waals surface area contributed by atoms with Crippen molar-refractivity contribution >= 4 is 0 Å². The quantitative estimate of drug-likeness (QED) is 0.447. The molecule has 0 atom stereocenters. The van der Waals surface area contributed by atoms with Crippen molar-refractivity contribution < 1.29 is 4.84 Å². The van der Waals surface area contributed by atoms with Crippen molar-refractivity contribution in [2.24, 2.45) is 11.8 Å². The SMILES string of the molecule is CC1CCC(=CON)CC1. The summed E-state index contributed by atoms with van der Waals surface area (Å²) in [5.74, 6) is 5.80. The van der Waals surface area contributed by atoms with E-state index < -0.39 is 0 Å². The van der Waals surface area contributed by atoms with Crippen LogP contribution in [0.1, 0.15) is 32.6 Å². The van der Waals surface area contributed by atoms with E-state index in [4.69, 9.17) is 5.90 Å². The van der Waals surface area contributed by atoms with Gasteiger partial charge in [-0.3, -0.25) is 0 Å². The van der Waals surface area contributed by atoms with Crippen molar-refractivity contribution in [3.63, 3.8) is 0 Å². The predicted molar refractivity (Wildman–Crippen MR) is 41.0 cm³/mol. The van der Waals surface area contributed by atoms with E-state index in [1.54, 1.807) is 6.26 Å². The summed E-state index contributed by atoms with van der Waals surface area (Å²) in [5, 5.41) is 0. The zero-order valence-corrected chi connectivity index (χ0v) is 6.47. The lowest BCUT2D eigenvalue weighted by Crippen LogP contribution is -2.05. The number of hydrogen-bond acceptors (Lipinski definition) is 2. The van der Waals surface area contributed by atoms with Gasteiger partial charge in [-0.05, 0) is 37.2 Å². The summed E-state index contributed by atoms with van der Waals surface area (Å²) in [6, 6.07) is 0. The zero-order valence-electron chi connectivity index (χ0n) is 6.47. The minimum atomic E-state index is 0.884. The van der Waals surface area contributed by atoms with E-state index in [9.17, 15) is 0 Å². The molecule has 2 nitrogen and oxygen atoms in total. The van der Waals surface area contributed by atoms with Gasteiger partial charge in [-0.2, -0.15) is 5.90 Å². The highest BCUT2D eigenvalue weighted by Crippen LogP contribution is 2.27. The van der Waals surface area contributed by atoms with Crippen molar-refractivity contribution in [3.05, 3.63) is 11.8 Å². The second kappa shape index (κ2) is 3.62. The lowest BCUT2D eigenvalue weighted by atomic mass is 9.88. The number of hydrogen-bond donors (Lipinski definition) is 1. The van der Waals surface area contributed by atoms with Crippen LogP contribution in [-0.2, 0) is 4.84 Å². The second-order valence-electron chi connectivity index (χ2n) is 3.09. The molecule has 0 aromatic rings. The summed E-state index contributed by atoms with van der Waals surface area (Å²) in [5.41, 5.74) is 1.36. The van der Waals surface area contributed by atoms with E-state index in [0.717, 1.165) is 5.92 Å². The monoisotopic (exact) mass is 141 g/mol. The summed E-state index contributed by atoms with van der Waals surface area (Å²) in [7, 11) is 0. The third kappa shape index (κ3) is 2.03. The molecule has 0 unspecified atom stereocenters. The Labute approximate surface area is 62.0 Å².